The number of methoxy groups -OCH3 is 1. The molecule has 1 aliphatic heterocycles. The standard InChI is InChI=1S/C14H20N2O4S/c1-3-9(17)12-11(15)10(14(18)19-2)13(21-12)16-5-4-7-20-8-6-16/h3-8,15H2,1-2H3. The highest BCUT2D eigenvalue weighted by Crippen LogP contribution is 2.39. The van der Waals surface area contributed by atoms with E-state index in [4.69, 9.17) is 15.2 Å². The smallest absolute Gasteiger partial charge is 0.343 e. The van der Waals surface area contributed by atoms with Crippen molar-refractivity contribution in [1.29, 1.82) is 0 Å². The van der Waals surface area contributed by atoms with Gasteiger partial charge < -0.3 is 20.1 Å². The molecule has 0 aromatic carbocycles. The van der Waals surface area contributed by atoms with Gasteiger partial charge in [0, 0.05) is 26.1 Å². The number of thiophene rings is 1. The summed E-state index contributed by atoms with van der Waals surface area (Å²) in [7, 11) is 1.32. The van der Waals surface area contributed by atoms with Crippen LogP contribution in [0.2, 0.25) is 0 Å². The molecule has 0 radical (unpaired) electrons. The zero-order chi connectivity index (χ0) is 15.4. The first-order valence-corrected chi connectivity index (χ1v) is 7.78. The summed E-state index contributed by atoms with van der Waals surface area (Å²) in [5, 5.41) is 0.710. The number of ether oxygens (including phenoxy) is 2. The van der Waals surface area contributed by atoms with Crippen LogP contribution in [0.3, 0.4) is 0 Å². The van der Waals surface area contributed by atoms with Gasteiger partial charge in [-0.3, -0.25) is 4.79 Å². The van der Waals surface area contributed by atoms with Gasteiger partial charge in [-0.25, -0.2) is 4.79 Å². The monoisotopic (exact) mass is 312 g/mol. The zero-order valence-electron chi connectivity index (χ0n) is 12.3. The van der Waals surface area contributed by atoms with Crippen LogP contribution in [-0.2, 0) is 9.47 Å². The van der Waals surface area contributed by atoms with Crippen molar-refractivity contribution in [2.45, 2.75) is 19.8 Å². The Labute approximate surface area is 127 Å². The number of nitrogens with zero attached hydrogens (tertiary/aromatic N) is 1. The highest BCUT2D eigenvalue weighted by Gasteiger charge is 2.28. The number of nitrogens with two attached hydrogens (primary N) is 1. The fourth-order valence-corrected chi connectivity index (χ4v) is 3.54. The molecule has 0 amide bonds. The van der Waals surface area contributed by atoms with Gasteiger partial charge in [0.05, 0.1) is 24.3 Å². The van der Waals surface area contributed by atoms with E-state index in [-0.39, 0.29) is 11.5 Å². The van der Waals surface area contributed by atoms with Crippen molar-refractivity contribution < 1.29 is 19.1 Å². The summed E-state index contributed by atoms with van der Waals surface area (Å²) in [6.45, 7) is 4.51. The van der Waals surface area contributed by atoms with Crippen molar-refractivity contribution in [2.75, 3.05) is 44.0 Å². The Kier molecular flexibility index (Phi) is 5.19. The molecule has 21 heavy (non-hydrogen) atoms. The summed E-state index contributed by atoms with van der Waals surface area (Å²) >= 11 is 1.27. The maximum absolute atomic E-state index is 12.0. The third kappa shape index (κ3) is 3.19. The van der Waals surface area contributed by atoms with Crippen LogP contribution in [0.15, 0.2) is 0 Å². The van der Waals surface area contributed by atoms with Gasteiger partial charge in [0.25, 0.3) is 0 Å². The summed E-state index contributed by atoms with van der Waals surface area (Å²) in [5.41, 5.74) is 6.58. The number of carbonyl (C=O) groups excluding carboxylic acids is 2. The third-order valence-electron chi connectivity index (χ3n) is 3.40. The van der Waals surface area contributed by atoms with Crippen LogP contribution in [-0.4, -0.2) is 45.2 Å². The molecule has 0 saturated carbocycles. The van der Waals surface area contributed by atoms with Crippen molar-refractivity contribution in [3.63, 3.8) is 0 Å². The van der Waals surface area contributed by atoms with Crippen LogP contribution in [0.4, 0.5) is 10.7 Å². The predicted molar refractivity (Wildman–Crippen MR) is 82.3 cm³/mol. The summed E-state index contributed by atoms with van der Waals surface area (Å²) < 4.78 is 10.3. The second-order valence-electron chi connectivity index (χ2n) is 4.75. The van der Waals surface area contributed by atoms with Gasteiger partial charge in [0.1, 0.15) is 10.6 Å². The molecule has 2 N–H and O–H groups in total. The maximum atomic E-state index is 12.0. The Morgan fingerprint density at radius 1 is 1.38 bits per heavy atom. The average molecular weight is 312 g/mol. The van der Waals surface area contributed by atoms with Crippen molar-refractivity contribution >= 4 is 33.8 Å². The van der Waals surface area contributed by atoms with Gasteiger partial charge in [-0.05, 0) is 6.42 Å². The molecule has 0 atom stereocenters. The SMILES string of the molecule is CCC(=O)c1sc(N2CCCOCC2)c(C(=O)OC)c1N. The van der Waals surface area contributed by atoms with Crippen LogP contribution in [0.1, 0.15) is 39.8 Å². The predicted octanol–water partition coefficient (Wildman–Crippen LogP) is 1.94. The Balaban J connectivity index is 2.46. The van der Waals surface area contributed by atoms with E-state index in [2.05, 4.69) is 0 Å². The number of hydrogen-bond donors (Lipinski definition) is 1. The van der Waals surface area contributed by atoms with Crippen molar-refractivity contribution in [2.24, 2.45) is 0 Å². The van der Waals surface area contributed by atoms with Gasteiger partial charge in [-0.2, -0.15) is 0 Å². The second kappa shape index (κ2) is 6.91. The van der Waals surface area contributed by atoms with E-state index < -0.39 is 5.97 Å². The van der Waals surface area contributed by atoms with Crippen LogP contribution >= 0.6 is 11.3 Å². The largest absolute Gasteiger partial charge is 0.465 e. The number of rotatable bonds is 4. The molecule has 1 aromatic heterocycles. The first-order chi connectivity index (χ1) is 10.1. The number of Topliss-reactive ketones (excluding diaryl/α,β-unsaturated/α-hetero) is 1. The van der Waals surface area contributed by atoms with Crippen LogP contribution in [0.25, 0.3) is 0 Å². The second-order valence-corrected chi connectivity index (χ2v) is 5.75. The molecule has 6 nitrogen and oxygen atoms in total. The molecule has 0 spiro atoms. The van der Waals surface area contributed by atoms with E-state index >= 15 is 0 Å². The van der Waals surface area contributed by atoms with E-state index in [1.165, 1.54) is 18.4 Å². The molecule has 0 aliphatic carbocycles. The molecular weight excluding hydrogens is 292 g/mol. The van der Waals surface area contributed by atoms with E-state index in [9.17, 15) is 9.59 Å². The van der Waals surface area contributed by atoms with E-state index in [0.717, 1.165) is 13.0 Å². The van der Waals surface area contributed by atoms with Gasteiger partial charge in [-0.1, -0.05) is 6.92 Å². The zero-order valence-corrected chi connectivity index (χ0v) is 13.1. The molecule has 1 aromatic rings. The lowest BCUT2D eigenvalue weighted by atomic mass is 10.1. The van der Waals surface area contributed by atoms with Gasteiger partial charge in [0.2, 0.25) is 0 Å². The third-order valence-corrected chi connectivity index (χ3v) is 4.71. The van der Waals surface area contributed by atoms with Crippen molar-refractivity contribution in [3.8, 4) is 0 Å². The Morgan fingerprint density at radius 2 is 2.14 bits per heavy atom. The average Bonchev–Trinajstić information content (AvgIpc) is 2.69. The van der Waals surface area contributed by atoms with E-state index in [0.29, 0.717) is 41.6 Å². The minimum atomic E-state index is -0.501. The molecule has 2 heterocycles. The van der Waals surface area contributed by atoms with E-state index in [1.807, 2.05) is 4.90 Å². The molecule has 1 aliphatic rings. The molecule has 0 bridgehead atoms. The van der Waals surface area contributed by atoms with Gasteiger partial charge in [-0.15, -0.1) is 11.3 Å². The first-order valence-electron chi connectivity index (χ1n) is 6.96. The molecule has 1 fully saturated rings. The fourth-order valence-electron chi connectivity index (χ4n) is 2.27. The lowest BCUT2D eigenvalue weighted by Gasteiger charge is -2.21. The highest BCUT2D eigenvalue weighted by atomic mass is 32.1. The summed E-state index contributed by atoms with van der Waals surface area (Å²) in [6.07, 6.45) is 1.23. The number of ketones is 1. The first kappa shape index (κ1) is 15.8. The van der Waals surface area contributed by atoms with Crippen molar-refractivity contribution in [3.05, 3.63) is 10.4 Å². The summed E-state index contributed by atoms with van der Waals surface area (Å²) in [6, 6.07) is 0. The molecule has 2 rings (SSSR count). The minimum Gasteiger partial charge on any atom is -0.465 e. The Bertz CT molecular complexity index is 533. The van der Waals surface area contributed by atoms with Crippen molar-refractivity contribution in [1.82, 2.24) is 0 Å². The maximum Gasteiger partial charge on any atom is 0.343 e. The Morgan fingerprint density at radius 3 is 2.81 bits per heavy atom. The Hall–Kier alpha value is -1.60. The lowest BCUT2D eigenvalue weighted by Crippen LogP contribution is -2.26. The molecule has 116 valence electrons. The molecular formula is C14H20N2O4S. The van der Waals surface area contributed by atoms with Crippen LogP contribution in [0.5, 0.6) is 0 Å². The normalized spacial score (nSPS) is 15.6. The number of hydrogen-bond acceptors (Lipinski definition) is 7. The van der Waals surface area contributed by atoms with Crippen LogP contribution in [0, 0.1) is 0 Å². The summed E-state index contributed by atoms with van der Waals surface area (Å²) in [5.74, 6) is -0.556. The number of anilines is 2. The lowest BCUT2D eigenvalue weighted by molar-refractivity contribution is 0.0603. The molecule has 1 saturated heterocycles. The summed E-state index contributed by atoms with van der Waals surface area (Å²) in [4.78, 5) is 26.5. The number of carbonyl (C=O) groups is 2. The quantitative estimate of drug-likeness (QED) is 0.676. The minimum absolute atomic E-state index is 0.0556. The number of nitrogen functional groups attached to an aromatic ring is 1. The van der Waals surface area contributed by atoms with E-state index in [1.54, 1.807) is 6.92 Å². The fraction of sp³-hybridized carbons (Fsp3) is 0.571. The van der Waals surface area contributed by atoms with Gasteiger partial charge >= 0.3 is 5.97 Å². The number of esters is 1. The van der Waals surface area contributed by atoms with Gasteiger partial charge in [0.15, 0.2) is 5.78 Å². The molecule has 0 unspecified atom stereocenters. The highest BCUT2D eigenvalue weighted by molar-refractivity contribution is 7.19. The van der Waals surface area contributed by atoms with Crippen LogP contribution < -0.4 is 10.6 Å². The topological polar surface area (TPSA) is 81.9 Å². The molecule has 7 heteroatoms.